The molecule has 2 N–H and O–H groups in total. The minimum atomic E-state index is 0.0549. The largest absolute Gasteiger partial charge is 0.396 e. The number of urea groups is 1. The predicted octanol–water partition coefficient (Wildman–Crippen LogP) is 2.69. The van der Waals surface area contributed by atoms with E-state index in [4.69, 9.17) is 0 Å². The molecule has 2 aliphatic carbocycles. The van der Waals surface area contributed by atoms with Gasteiger partial charge in [0.25, 0.3) is 0 Å². The van der Waals surface area contributed by atoms with E-state index >= 15 is 0 Å². The number of aliphatic hydroxyl groups excluding tert-OH is 1. The Morgan fingerprint density at radius 1 is 1.33 bits per heavy atom. The molecule has 2 amide bonds. The van der Waals surface area contributed by atoms with Crippen molar-refractivity contribution in [3.05, 3.63) is 35.4 Å². The number of carbonyl (C=O) groups is 1. The van der Waals surface area contributed by atoms with E-state index in [1.807, 2.05) is 4.90 Å². The van der Waals surface area contributed by atoms with Gasteiger partial charge in [0.2, 0.25) is 0 Å². The van der Waals surface area contributed by atoms with Crippen molar-refractivity contribution in [1.29, 1.82) is 0 Å². The number of amides is 2. The number of aliphatic hydroxyl groups is 1. The number of piperidine rings is 1. The third kappa shape index (κ3) is 2.81. The van der Waals surface area contributed by atoms with Crippen LogP contribution in [0.1, 0.15) is 43.2 Å². The topological polar surface area (TPSA) is 52.6 Å². The molecule has 3 atom stereocenters. The van der Waals surface area contributed by atoms with Crippen molar-refractivity contribution in [2.24, 2.45) is 11.8 Å². The van der Waals surface area contributed by atoms with Crippen molar-refractivity contribution < 1.29 is 9.90 Å². The molecule has 0 bridgehead atoms. The second kappa shape index (κ2) is 6.40. The van der Waals surface area contributed by atoms with E-state index in [9.17, 15) is 9.90 Å². The Morgan fingerprint density at radius 3 is 3.08 bits per heavy atom. The molecule has 0 radical (unpaired) electrons. The normalized spacial score (nSPS) is 31.6. The minimum absolute atomic E-state index is 0.0549. The highest BCUT2D eigenvalue weighted by molar-refractivity contribution is 5.74. The van der Waals surface area contributed by atoms with E-state index in [0.29, 0.717) is 17.9 Å². The van der Waals surface area contributed by atoms with Gasteiger partial charge in [0, 0.05) is 31.7 Å². The molecule has 0 unspecified atom stereocenters. The molecule has 1 saturated carbocycles. The SMILES string of the molecule is O=C(NC[C@@H]1C[C@]12CCCc1ccccc12)N1CCC[C@@H](CO)C1. The zero-order valence-corrected chi connectivity index (χ0v) is 14.3. The summed E-state index contributed by atoms with van der Waals surface area (Å²) in [6, 6.07) is 8.92. The van der Waals surface area contributed by atoms with E-state index < -0.39 is 0 Å². The van der Waals surface area contributed by atoms with Crippen molar-refractivity contribution in [1.82, 2.24) is 10.2 Å². The molecule has 4 nitrogen and oxygen atoms in total. The average molecular weight is 328 g/mol. The molecule has 1 spiro atoms. The van der Waals surface area contributed by atoms with Gasteiger partial charge in [-0.3, -0.25) is 0 Å². The van der Waals surface area contributed by atoms with E-state index in [1.165, 1.54) is 36.8 Å². The summed E-state index contributed by atoms with van der Waals surface area (Å²) in [5.41, 5.74) is 3.38. The lowest BCUT2D eigenvalue weighted by Crippen LogP contribution is -2.46. The number of nitrogens with one attached hydrogen (secondary N) is 1. The molecule has 1 aromatic rings. The first kappa shape index (κ1) is 15.9. The highest BCUT2D eigenvalue weighted by Crippen LogP contribution is 2.59. The lowest BCUT2D eigenvalue weighted by Gasteiger charge is -2.32. The summed E-state index contributed by atoms with van der Waals surface area (Å²) >= 11 is 0. The number of likely N-dealkylation sites (tertiary alicyclic amines) is 1. The summed E-state index contributed by atoms with van der Waals surface area (Å²) in [5, 5.41) is 12.5. The third-order valence-electron chi connectivity index (χ3n) is 6.42. The van der Waals surface area contributed by atoms with Crippen LogP contribution in [0.15, 0.2) is 24.3 Å². The van der Waals surface area contributed by atoms with Gasteiger partial charge in [0.05, 0.1) is 0 Å². The fourth-order valence-electron chi connectivity index (χ4n) is 4.96. The second-order valence-electron chi connectivity index (χ2n) is 7.89. The molecule has 1 saturated heterocycles. The lowest BCUT2D eigenvalue weighted by molar-refractivity contribution is 0.129. The van der Waals surface area contributed by atoms with E-state index in [1.54, 1.807) is 0 Å². The first-order valence-corrected chi connectivity index (χ1v) is 9.45. The molecule has 0 aromatic heterocycles. The number of fused-ring (bicyclic) bond motifs is 2. The van der Waals surface area contributed by atoms with Gasteiger partial charge in [-0.25, -0.2) is 4.79 Å². The number of hydrogen-bond donors (Lipinski definition) is 2. The third-order valence-corrected chi connectivity index (χ3v) is 6.42. The maximum atomic E-state index is 12.4. The molecule has 1 heterocycles. The summed E-state index contributed by atoms with van der Waals surface area (Å²) in [5.74, 6) is 0.836. The first-order chi connectivity index (χ1) is 11.7. The molecule has 1 aliphatic heterocycles. The smallest absolute Gasteiger partial charge is 0.317 e. The average Bonchev–Trinajstić information content (AvgIpc) is 3.33. The van der Waals surface area contributed by atoms with Crippen LogP contribution < -0.4 is 5.32 Å². The highest BCUT2D eigenvalue weighted by Gasteiger charge is 2.56. The van der Waals surface area contributed by atoms with Gasteiger partial charge < -0.3 is 15.3 Å². The molecule has 130 valence electrons. The molecule has 2 fully saturated rings. The summed E-state index contributed by atoms with van der Waals surface area (Å²) in [6.45, 7) is 2.49. The van der Waals surface area contributed by atoms with Gasteiger partial charge >= 0.3 is 6.03 Å². The molecular formula is C20H28N2O2. The van der Waals surface area contributed by atoms with E-state index in [-0.39, 0.29) is 18.6 Å². The zero-order chi connectivity index (χ0) is 16.6. The first-order valence-electron chi connectivity index (χ1n) is 9.45. The number of aryl methyl sites for hydroxylation is 1. The summed E-state index contributed by atoms with van der Waals surface area (Å²) in [6.07, 6.45) is 6.98. The van der Waals surface area contributed by atoms with Crippen molar-refractivity contribution >= 4 is 6.03 Å². The van der Waals surface area contributed by atoms with Crippen LogP contribution in [0.4, 0.5) is 4.79 Å². The summed E-state index contributed by atoms with van der Waals surface area (Å²) in [7, 11) is 0. The molecule has 4 heteroatoms. The van der Waals surface area contributed by atoms with E-state index in [0.717, 1.165) is 25.9 Å². The number of carbonyl (C=O) groups excluding carboxylic acids is 1. The van der Waals surface area contributed by atoms with Crippen molar-refractivity contribution in [2.75, 3.05) is 26.2 Å². The molecule has 1 aromatic carbocycles. The lowest BCUT2D eigenvalue weighted by atomic mass is 9.78. The Balaban J connectivity index is 1.35. The Morgan fingerprint density at radius 2 is 2.21 bits per heavy atom. The zero-order valence-electron chi connectivity index (χ0n) is 14.3. The fourth-order valence-corrected chi connectivity index (χ4v) is 4.96. The van der Waals surface area contributed by atoms with Gasteiger partial charge in [-0.2, -0.15) is 0 Å². The van der Waals surface area contributed by atoms with Crippen LogP contribution in [0.5, 0.6) is 0 Å². The van der Waals surface area contributed by atoms with Gasteiger partial charge in [-0.1, -0.05) is 24.3 Å². The fraction of sp³-hybridized carbons (Fsp3) is 0.650. The number of benzene rings is 1. The van der Waals surface area contributed by atoms with Gasteiger partial charge in [-0.05, 0) is 61.5 Å². The van der Waals surface area contributed by atoms with Crippen LogP contribution in [-0.2, 0) is 11.8 Å². The quantitative estimate of drug-likeness (QED) is 0.896. The summed E-state index contributed by atoms with van der Waals surface area (Å²) < 4.78 is 0. The Bertz CT molecular complexity index is 617. The number of nitrogens with zero attached hydrogens (tertiary/aromatic N) is 1. The molecule has 24 heavy (non-hydrogen) atoms. The second-order valence-corrected chi connectivity index (χ2v) is 7.89. The maximum absolute atomic E-state index is 12.4. The predicted molar refractivity (Wildman–Crippen MR) is 93.9 cm³/mol. The van der Waals surface area contributed by atoms with Gasteiger partial charge in [-0.15, -0.1) is 0 Å². The molecular weight excluding hydrogens is 300 g/mol. The van der Waals surface area contributed by atoms with Crippen molar-refractivity contribution in [2.45, 2.75) is 43.9 Å². The summed E-state index contributed by atoms with van der Waals surface area (Å²) in [4.78, 5) is 14.3. The Labute approximate surface area is 144 Å². The maximum Gasteiger partial charge on any atom is 0.317 e. The van der Waals surface area contributed by atoms with Crippen LogP contribution in [0.2, 0.25) is 0 Å². The molecule has 3 aliphatic rings. The standard InChI is InChI=1S/C20H28N2O2/c23-14-15-5-4-10-22(13-15)19(24)21-12-17-11-20(17)9-3-7-16-6-1-2-8-18(16)20/h1-2,6,8,15,17,23H,3-5,7,9-14H2,(H,21,24)/t15-,17+,20-/m1/s1. The Hall–Kier alpha value is -1.55. The van der Waals surface area contributed by atoms with Crippen LogP contribution >= 0.6 is 0 Å². The van der Waals surface area contributed by atoms with E-state index in [2.05, 4.69) is 29.6 Å². The highest BCUT2D eigenvalue weighted by atomic mass is 16.3. The van der Waals surface area contributed by atoms with Gasteiger partial charge in [0.1, 0.15) is 0 Å². The molecule has 4 rings (SSSR count). The van der Waals surface area contributed by atoms with Crippen LogP contribution in [0.25, 0.3) is 0 Å². The minimum Gasteiger partial charge on any atom is -0.396 e. The van der Waals surface area contributed by atoms with Crippen LogP contribution in [-0.4, -0.2) is 42.3 Å². The number of rotatable bonds is 3. The van der Waals surface area contributed by atoms with Gasteiger partial charge in [0.15, 0.2) is 0 Å². The number of hydrogen-bond acceptors (Lipinski definition) is 2. The van der Waals surface area contributed by atoms with Crippen LogP contribution in [0.3, 0.4) is 0 Å². The Kier molecular flexibility index (Phi) is 4.25. The van der Waals surface area contributed by atoms with Crippen LogP contribution in [0, 0.1) is 11.8 Å². The van der Waals surface area contributed by atoms with Crippen molar-refractivity contribution in [3.63, 3.8) is 0 Å². The van der Waals surface area contributed by atoms with Crippen molar-refractivity contribution in [3.8, 4) is 0 Å². The monoisotopic (exact) mass is 328 g/mol.